The third-order valence-corrected chi connectivity index (χ3v) is 16.0. The molecule has 0 aromatic carbocycles. The molecule has 0 N–H and O–H groups in total. The molecule has 0 radical (unpaired) electrons. The van der Waals surface area contributed by atoms with Gasteiger partial charge in [-0.15, -0.1) is 0 Å². The first-order valence-corrected chi connectivity index (χ1v) is 35.6. The van der Waals surface area contributed by atoms with Crippen LogP contribution in [0.4, 0.5) is 0 Å². The Labute approximate surface area is 498 Å². The molecule has 0 amide bonds. The van der Waals surface area contributed by atoms with E-state index in [4.69, 9.17) is 14.2 Å². The van der Waals surface area contributed by atoms with E-state index in [2.05, 4.69) is 69.4 Å². The molecule has 0 heterocycles. The minimum atomic E-state index is -0.781. The molecule has 468 valence electrons. The fourth-order valence-corrected chi connectivity index (χ4v) is 10.6. The molecule has 0 aromatic rings. The summed E-state index contributed by atoms with van der Waals surface area (Å²) in [6.07, 6.45) is 87.1. The van der Waals surface area contributed by atoms with Crippen molar-refractivity contribution in [2.75, 3.05) is 13.2 Å². The predicted octanol–water partition coefficient (Wildman–Crippen LogP) is 24.5. The Morgan fingerprint density at radius 3 is 0.713 bits per heavy atom. The second-order valence-electron chi connectivity index (χ2n) is 24.1. The van der Waals surface area contributed by atoms with Gasteiger partial charge in [-0.3, -0.25) is 14.4 Å². The molecular formula is C74H136O6. The maximum Gasteiger partial charge on any atom is 0.306 e. The number of carbonyl (C=O) groups excluding carboxylic acids is 3. The molecule has 0 aliphatic heterocycles. The summed E-state index contributed by atoms with van der Waals surface area (Å²) in [4.78, 5) is 38.5. The fourth-order valence-electron chi connectivity index (χ4n) is 10.6. The van der Waals surface area contributed by atoms with Crippen LogP contribution in [0.25, 0.3) is 0 Å². The van der Waals surface area contributed by atoms with E-state index in [1.165, 1.54) is 270 Å². The minimum Gasteiger partial charge on any atom is -0.462 e. The molecule has 0 rings (SSSR count). The average molecular weight is 1120 g/mol. The van der Waals surface area contributed by atoms with Crippen molar-refractivity contribution < 1.29 is 28.6 Å². The summed E-state index contributed by atoms with van der Waals surface area (Å²) < 4.78 is 17.0. The zero-order valence-corrected chi connectivity index (χ0v) is 53.9. The highest BCUT2D eigenvalue weighted by molar-refractivity contribution is 5.71. The van der Waals surface area contributed by atoms with Gasteiger partial charge >= 0.3 is 17.9 Å². The highest BCUT2D eigenvalue weighted by Crippen LogP contribution is 2.18. The van der Waals surface area contributed by atoms with E-state index >= 15 is 0 Å². The van der Waals surface area contributed by atoms with Gasteiger partial charge in [0.25, 0.3) is 0 Å². The summed E-state index contributed by atoms with van der Waals surface area (Å²) in [5, 5.41) is 0. The predicted molar refractivity (Wildman–Crippen MR) is 349 cm³/mol. The zero-order valence-electron chi connectivity index (χ0n) is 53.9. The summed E-state index contributed by atoms with van der Waals surface area (Å²) in [5.74, 6) is -0.867. The van der Waals surface area contributed by atoms with Crippen molar-refractivity contribution in [3.8, 4) is 0 Å². The lowest BCUT2D eigenvalue weighted by molar-refractivity contribution is -0.167. The monoisotopic (exact) mass is 1120 g/mol. The third kappa shape index (κ3) is 66.2. The van der Waals surface area contributed by atoms with Crippen LogP contribution < -0.4 is 0 Å². The van der Waals surface area contributed by atoms with Crippen LogP contribution in [0.5, 0.6) is 0 Å². The normalized spacial score (nSPS) is 12.3. The van der Waals surface area contributed by atoms with Crippen molar-refractivity contribution in [2.45, 2.75) is 393 Å². The first-order valence-electron chi connectivity index (χ1n) is 35.6. The van der Waals surface area contributed by atoms with E-state index in [9.17, 15) is 14.4 Å². The van der Waals surface area contributed by atoms with Crippen LogP contribution >= 0.6 is 0 Å². The van der Waals surface area contributed by atoms with Gasteiger partial charge in [0.2, 0.25) is 0 Å². The number of unbranched alkanes of at least 4 members (excludes halogenated alkanes) is 47. The number of ether oxygens (including phenoxy) is 3. The van der Waals surface area contributed by atoms with Gasteiger partial charge in [0.05, 0.1) is 0 Å². The Bertz CT molecular complexity index is 1380. The molecule has 0 saturated carbocycles. The van der Waals surface area contributed by atoms with Crippen LogP contribution in [0.2, 0.25) is 0 Å². The summed E-state index contributed by atoms with van der Waals surface area (Å²) in [5.41, 5.74) is 0. The van der Waals surface area contributed by atoms with Gasteiger partial charge in [-0.25, -0.2) is 0 Å². The Morgan fingerprint density at radius 2 is 0.450 bits per heavy atom. The minimum absolute atomic E-state index is 0.0754. The molecule has 0 aliphatic rings. The number of carbonyl (C=O) groups is 3. The van der Waals surface area contributed by atoms with Crippen LogP contribution in [0, 0.1) is 0 Å². The summed E-state index contributed by atoms with van der Waals surface area (Å²) >= 11 is 0. The largest absolute Gasteiger partial charge is 0.462 e. The van der Waals surface area contributed by atoms with E-state index in [1.54, 1.807) is 0 Å². The van der Waals surface area contributed by atoms with E-state index in [0.29, 0.717) is 19.3 Å². The summed E-state index contributed by atoms with van der Waals surface area (Å²) in [6, 6.07) is 0. The van der Waals surface area contributed by atoms with E-state index in [-0.39, 0.29) is 31.1 Å². The van der Waals surface area contributed by atoms with Crippen LogP contribution in [-0.4, -0.2) is 37.2 Å². The Hall–Kier alpha value is -2.63. The van der Waals surface area contributed by atoms with Crippen molar-refractivity contribution in [1.29, 1.82) is 0 Å². The van der Waals surface area contributed by atoms with Crippen molar-refractivity contribution in [3.63, 3.8) is 0 Å². The Balaban J connectivity index is 4.30. The van der Waals surface area contributed by atoms with Crippen LogP contribution in [0.15, 0.2) is 48.6 Å². The maximum absolute atomic E-state index is 13.0. The highest BCUT2D eigenvalue weighted by atomic mass is 16.6. The number of esters is 3. The molecule has 0 spiro atoms. The van der Waals surface area contributed by atoms with Crippen LogP contribution in [0.3, 0.4) is 0 Å². The zero-order chi connectivity index (χ0) is 57.8. The first kappa shape index (κ1) is 77.4. The van der Waals surface area contributed by atoms with Crippen molar-refractivity contribution in [2.24, 2.45) is 0 Å². The van der Waals surface area contributed by atoms with Gasteiger partial charge in [0, 0.05) is 19.3 Å². The second-order valence-corrected chi connectivity index (χ2v) is 24.1. The second kappa shape index (κ2) is 68.9. The van der Waals surface area contributed by atoms with Gasteiger partial charge in [-0.2, -0.15) is 0 Å². The highest BCUT2D eigenvalue weighted by Gasteiger charge is 2.19. The molecule has 1 atom stereocenters. The molecule has 0 fully saturated rings. The van der Waals surface area contributed by atoms with Gasteiger partial charge in [-0.1, -0.05) is 313 Å². The van der Waals surface area contributed by atoms with Crippen LogP contribution in [-0.2, 0) is 28.6 Å². The Morgan fingerprint density at radius 1 is 0.250 bits per heavy atom. The van der Waals surface area contributed by atoms with Gasteiger partial charge in [-0.05, 0) is 103 Å². The van der Waals surface area contributed by atoms with E-state index < -0.39 is 6.10 Å². The quantitative estimate of drug-likeness (QED) is 0.0261. The van der Waals surface area contributed by atoms with Gasteiger partial charge in [0.15, 0.2) is 6.10 Å². The lowest BCUT2D eigenvalue weighted by atomic mass is 10.0. The number of allylic oxidation sites excluding steroid dienone is 8. The van der Waals surface area contributed by atoms with E-state index in [0.717, 1.165) is 77.0 Å². The van der Waals surface area contributed by atoms with Gasteiger partial charge < -0.3 is 14.2 Å². The molecular weight excluding hydrogens is 985 g/mol. The smallest absolute Gasteiger partial charge is 0.306 e. The van der Waals surface area contributed by atoms with Crippen molar-refractivity contribution in [1.82, 2.24) is 0 Å². The SMILES string of the molecule is CCCCCC/C=C\C/C=C\CCCCCCCC(=O)OCC(COC(=O)CCCCCCCCCCCCCCC/C=C\CCCCCCCCCC)OC(=O)CCCCCCCCCCC/C=C\CCCCCCCCCC. The molecule has 0 bridgehead atoms. The first-order chi connectivity index (χ1) is 39.5. The molecule has 1 unspecified atom stereocenters. The molecule has 6 heteroatoms. The topological polar surface area (TPSA) is 78.9 Å². The molecule has 0 aromatic heterocycles. The number of hydrogen-bond donors (Lipinski definition) is 0. The van der Waals surface area contributed by atoms with Crippen molar-refractivity contribution >= 4 is 17.9 Å². The standard InChI is InChI=1S/C74H136O6/c1-4-7-10-13-16-19-22-25-28-31-33-35-36-37-38-40-41-43-46-49-52-55-58-61-64-67-73(76)79-70-71(69-78-72(75)66-63-60-57-54-51-48-45-30-27-24-21-18-15-12-9-6-3)80-74(77)68-65-62-59-56-53-50-47-44-42-39-34-32-29-26-23-20-17-14-11-8-5-2/h21,24,30-34,45,71H,4-20,22-23,25-29,35-44,46-70H2,1-3H3/b24-21-,33-31-,34-32-,45-30-. The molecule has 80 heavy (non-hydrogen) atoms. The average Bonchev–Trinajstić information content (AvgIpc) is 3.46. The number of hydrogen-bond acceptors (Lipinski definition) is 6. The molecule has 6 nitrogen and oxygen atoms in total. The van der Waals surface area contributed by atoms with Gasteiger partial charge in [0.1, 0.15) is 13.2 Å². The molecule has 0 aliphatic carbocycles. The lowest BCUT2D eigenvalue weighted by Crippen LogP contribution is -2.30. The maximum atomic E-state index is 13.0. The lowest BCUT2D eigenvalue weighted by Gasteiger charge is -2.18. The fraction of sp³-hybridized carbons (Fsp3) is 0.851. The Kier molecular flexibility index (Phi) is 66.6. The van der Waals surface area contributed by atoms with Crippen molar-refractivity contribution in [3.05, 3.63) is 48.6 Å². The van der Waals surface area contributed by atoms with Crippen LogP contribution in [0.1, 0.15) is 387 Å². The summed E-state index contributed by atoms with van der Waals surface area (Å²) in [7, 11) is 0. The summed E-state index contributed by atoms with van der Waals surface area (Å²) in [6.45, 7) is 6.68. The number of rotatable bonds is 66. The molecule has 0 saturated heterocycles. The third-order valence-electron chi connectivity index (χ3n) is 16.0. The van der Waals surface area contributed by atoms with E-state index in [1.807, 2.05) is 0 Å².